The van der Waals surface area contributed by atoms with E-state index in [0.29, 0.717) is 38.8 Å². The van der Waals surface area contributed by atoms with E-state index in [2.05, 4.69) is 5.32 Å². The summed E-state index contributed by atoms with van der Waals surface area (Å²) >= 11 is 0. The zero-order chi connectivity index (χ0) is 20.3. The van der Waals surface area contributed by atoms with Crippen LogP contribution >= 0.6 is 0 Å². The Morgan fingerprint density at radius 2 is 1.59 bits per heavy atom. The van der Waals surface area contributed by atoms with Gasteiger partial charge in [-0.25, -0.2) is 0 Å². The fraction of sp³-hybridized carbons (Fsp3) is 0.765. The van der Waals surface area contributed by atoms with Crippen LogP contribution in [0.5, 0.6) is 0 Å². The molecule has 2 rings (SSSR count). The Morgan fingerprint density at radius 3 is 2.15 bits per heavy atom. The number of nitrogens with zero attached hydrogens (tertiary/aromatic N) is 2. The number of nitrogens with one attached hydrogen (secondary N) is 1. The summed E-state index contributed by atoms with van der Waals surface area (Å²) in [6.45, 7) is 3.52. The van der Waals surface area contributed by atoms with Crippen LogP contribution in [0.15, 0.2) is 0 Å². The lowest BCUT2D eigenvalue weighted by Gasteiger charge is -2.32. The van der Waals surface area contributed by atoms with E-state index in [-0.39, 0.29) is 5.91 Å². The quantitative estimate of drug-likeness (QED) is 0.424. The summed E-state index contributed by atoms with van der Waals surface area (Å²) in [4.78, 5) is 51.6. The summed E-state index contributed by atoms with van der Waals surface area (Å²) in [5.74, 6) is -2.48. The summed E-state index contributed by atoms with van der Waals surface area (Å²) < 4.78 is 0. The molecule has 5 N–H and O–H groups in total. The maximum Gasteiger partial charge on any atom is 0.325 e. The van der Waals surface area contributed by atoms with Crippen LogP contribution in [0.3, 0.4) is 0 Å². The average Bonchev–Trinajstić information content (AvgIpc) is 3.28. The van der Waals surface area contributed by atoms with Crippen molar-refractivity contribution in [2.45, 2.75) is 69.8 Å². The van der Waals surface area contributed by atoms with Crippen molar-refractivity contribution in [3.63, 3.8) is 0 Å². The number of rotatable bonds is 6. The van der Waals surface area contributed by atoms with Crippen molar-refractivity contribution in [1.29, 1.82) is 0 Å². The van der Waals surface area contributed by atoms with E-state index >= 15 is 0 Å². The van der Waals surface area contributed by atoms with Crippen molar-refractivity contribution >= 4 is 23.7 Å². The summed E-state index contributed by atoms with van der Waals surface area (Å²) in [7, 11) is 0. The molecule has 5 atom stereocenters. The maximum absolute atomic E-state index is 13.0. The number of amides is 3. The van der Waals surface area contributed by atoms with Gasteiger partial charge in [0.15, 0.2) is 0 Å². The lowest BCUT2D eigenvalue weighted by Crippen LogP contribution is -2.57. The minimum absolute atomic E-state index is 0.334. The Hall–Kier alpha value is -2.20. The molecule has 2 aliphatic heterocycles. The number of aliphatic carboxylic acids is 1. The van der Waals surface area contributed by atoms with Gasteiger partial charge in [-0.3, -0.25) is 19.2 Å². The highest BCUT2D eigenvalue weighted by atomic mass is 16.4. The van der Waals surface area contributed by atoms with Crippen molar-refractivity contribution < 1.29 is 29.4 Å². The van der Waals surface area contributed by atoms with Crippen LogP contribution in [0.1, 0.15) is 39.5 Å². The van der Waals surface area contributed by atoms with E-state index in [1.54, 1.807) is 0 Å². The first-order valence-corrected chi connectivity index (χ1v) is 9.23. The Balaban J connectivity index is 2.09. The number of carboxylic acids is 1. The minimum atomic E-state index is -1.15. The Kier molecular flexibility index (Phi) is 6.77. The monoisotopic (exact) mass is 384 g/mol. The molecule has 2 fully saturated rings. The minimum Gasteiger partial charge on any atom is -0.480 e. The lowest BCUT2D eigenvalue weighted by molar-refractivity contribution is -0.148. The van der Waals surface area contributed by atoms with Gasteiger partial charge in [0.2, 0.25) is 17.7 Å². The van der Waals surface area contributed by atoms with Crippen molar-refractivity contribution in [2.24, 2.45) is 5.73 Å². The van der Waals surface area contributed by atoms with Gasteiger partial charge < -0.3 is 31.1 Å². The topological polar surface area (TPSA) is 153 Å². The van der Waals surface area contributed by atoms with E-state index in [1.807, 2.05) is 0 Å². The Labute approximate surface area is 157 Å². The average molecular weight is 384 g/mol. The summed E-state index contributed by atoms with van der Waals surface area (Å²) in [6.07, 6.45) is 1.14. The Morgan fingerprint density at radius 1 is 1.04 bits per heavy atom. The van der Waals surface area contributed by atoms with Gasteiger partial charge in [0.05, 0.1) is 6.10 Å². The van der Waals surface area contributed by atoms with Gasteiger partial charge in [0.1, 0.15) is 24.2 Å². The maximum atomic E-state index is 13.0. The van der Waals surface area contributed by atoms with Crippen molar-refractivity contribution in [3.05, 3.63) is 0 Å². The van der Waals surface area contributed by atoms with E-state index in [9.17, 15) is 24.3 Å². The van der Waals surface area contributed by atoms with Crippen LogP contribution in [0.25, 0.3) is 0 Å². The van der Waals surface area contributed by atoms with Gasteiger partial charge >= 0.3 is 5.97 Å². The third kappa shape index (κ3) is 4.56. The number of carbonyl (C=O) groups excluding carboxylic acids is 3. The SMILES string of the molecule is C[C@H](NC(=O)[C@@H]1CCCN1C(=O)[C@@H]1CCCN1C(=O)[C@@H](N)[C@@H](C)O)C(=O)O. The second kappa shape index (κ2) is 8.66. The number of likely N-dealkylation sites (tertiary alicyclic amines) is 2. The molecule has 0 aliphatic carbocycles. The number of hydrogen-bond acceptors (Lipinski definition) is 6. The highest BCUT2D eigenvalue weighted by molar-refractivity contribution is 5.94. The molecule has 3 amide bonds. The third-order valence-corrected chi connectivity index (χ3v) is 5.19. The van der Waals surface area contributed by atoms with Gasteiger partial charge in [0.25, 0.3) is 0 Å². The van der Waals surface area contributed by atoms with Crippen LogP contribution in [0, 0.1) is 0 Å². The predicted molar refractivity (Wildman–Crippen MR) is 94.4 cm³/mol. The fourth-order valence-electron chi connectivity index (χ4n) is 3.55. The molecule has 0 aromatic heterocycles. The number of nitrogens with two attached hydrogens (primary N) is 1. The summed E-state index contributed by atoms with van der Waals surface area (Å²) in [6, 6.07) is -3.62. The molecule has 2 heterocycles. The first kappa shape index (κ1) is 21.1. The Bertz CT molecular complexity index is 610. The van der Waals surface area contributed by atoms with Crippen LogP contribution in [0.4, 0.5) is 0 Å². The molecule has 0 aromatic carbocycles. The smallest absolute Gasteiger partial charge is 0.325 e. The van der Waals surface area contributed by atoms with Gasteiger partial charge in [-0.05, 0) is 39.5 Å². The van der Waals surface area contributed by atoms with Crippen molar-refractivity contribution in [3.8, 4) is 0 Å². The summed E-state index contributed by atoms with van der Waals surface area (Å²) in [5.41, 5.74) is 5.73. The molecule has 0 bridgehead atoms. The first-order chi connectivity index (χ1) is 12.6. The van der Waals surface area contributed by atoms with Gasteiger partial charge in [-0.2, -0.15) is 0 Å². The number of aliphatic hydroxyl groups is 1. The number of hydrogen-bond donors (Lipinski definition) is 4. The second-order valence-corrected chi connectivity index (χ2v) is 7.21. The zero-order valence-electron chi connectivity index (χ0n) is 15.6. The molecule has 0 spiro atoms. The summed E-state index contributed by atoms with van der Waals surface area (Å²) in [5, 5.41) is 20.9. The molecule has 0 saturated carbocycles. The van der Waals surface area contributed by atoms with Gasteiger partial charge in [-0.15, -0.1) is 0 Å². The lowest BCUT2D eigenvalue weighted by atomic mass is 10.1. The molecule has 0 unspecified atom stereocenters. The molecule has 0 aromatic rings. The largest absolute Gasteiger partial charge is 0.480 e. The van der Waals surface area contributed by atoms with E-state index in [0.717, 1.165) is 0 Å². The first-order valence-electron chi connectivity index (χ1n) is 9.23. The van der Waals surface area contributed by atoms with Crippen LogP contribution in [0.2, 0.25) is 0 Å². The molecule has 10 heteroatoms. The standard InChI is InChI=1S/C17H28N4O6/c1-9(17(26)27)19-14(23)11-5-3-7-20(11)15(24)12-6-4-8-21(12)16(25)13(18)10(2)22/h9-13,22H,3-8,18H2,1-2H3,(H,19,23)(H,26,27)/t9-,10+,11-,12-,13-/m0/s1. The van der Waals surface area contributed by atoms with E-state index in [1.165, 1.54) is 23.6 Å². The predicted octanol–water partition coefficient (Wildman–Crippen LogP) is -1.73. The number of carbonyl (C=O) groups is 4. The number of carboxylic acid groups (broad SMARTS) is 1. The molecule has 152 valence electrons. The van der Waals surface area contributed by atoms with Crippen LogP contribution in [-0.2, 0) is 19.2 Å². The van der Waals surface area contributed by atoms with Crippen LogP contribution in [-0.4, -0.2) is 87.1 Å². The molecular formula is C17H28N4O6. The molecule has 2 saturated heterocycles. The van der Waals surface area contributed by atoms with E-state index in [4.69, 9.17) is 10.8 Å². The van der Waals surface area contributed by atoms with Crippen LogP contribution < -0.4 is 11.1 Å². The zero-order valence-corrected chi connectivity index (χ0v) is 15.6. The molecule has 0 radical (unpaired) electrons. The fourth-order valence-corrected chi connectivity index (χ4v) is 3.55. The van der Waals surface area contributed by atoms with Crippen molar-refractivity contribution in [1.82, 2.24) is 15.1 Å². The van der Waals surface area contributed by atoms with Crippen molar-refractivity contribution in [2.75, 3.05) is 13.1 Å². The molecule has 10 nitrogen and oxygen atoms in total. The molecule has 2 aliphatic rings. The third-order valence-electron chi connectivity index (χ3n) is 5.19. The highest BCUT2D eigenvalue weighted by Crippen LogP contribution is 2.25. The normalized spacial score (nSPS) is 25.8. The van der Waals surface area contributed by atoms with E-state index < -0.39 is 48.1 Å². The number of aliphatic hydroxyl groups excluding tert-OH is 1. The molecule has 27 heavy (non-hydrogen) atoms. The highest BCUT2D eigenvalue weighted by Gasteiger charge is 2.43. The van der Waals surface area contributed by atoms with Gasteiger partial charge in [0, 0.05) is 13.1 Å². The second-order valence-electron chi connectivity index (χ2n) is 7.21. The molecular weight excluding hydrogens is 356 g/mol. The van der Waals surface area contributed by atoms with Gasteiger partial charge in [-0.1, -0.05) is 0 Å².